The van der Waals surface area contributed by atoms with E-state index in [9.17, 15) is 8.42 Å². The quantitative estimate of drug-likeness (QED) is 0.807. The van der Waals surface area contributed by atoms with Crippen LogP contribution in [0.25, 0.3) is 4.85 Å². The summed E-state index contributed by atoms with van der Waals surface area (Å²) in [5, 5.41) is -1.19. The van der Waals surface area contributed by atoms with Gasteiger partial charge in [0.25, 0.3) is 9.84 Å². The summed E-state index contributed by atoms with van der Waals surface area (Å²) < 4.78 is 25.1. The van der Waals surface area contributed by atoms with Gasteiger partial charge in [-0.15, -0.1) is 0 Å². The molecule has 102 valence electrons. The van der Waals surface area contributed by atoms with Gasteiger partial charge in [0.05, 0.1) is 10.5 Å². The maximum absolute atomic E-state index is 12.5. The third-order valence-corrected chi connectivity index (χ3v) is 5.02. The van der Waals surface area contributed by atoms with Crippen LogP contribution in [-0.2, 0) is 9.84 Å². The Morgan fingerprint density at radius 2 is 1.35 bits per heavy atom. The fourth-order valence-electron chi connectivity index (χ4n) is 1.91. The van der Waals surface area contributed by atoms with Gasteiger partial charge >= 0.3 is 5.37 Å². The van der Waals surface area contributed by atoms with Gasteiger partial charge in [0.2, 0.25) is 0 Å². The molecule has 1 atom stereocenters. The normalized spacial score (nSPS) is 12.7. The van der Waals surface area contributed by atoms with Gasteiger partial charge in [-0.3, -0.25) is 4.85 Å². The Morgan fingerprint density at radius 1 is 0.900 bits per heavy atom. The fraction of sp³-hybridized carbons (Fsp3) is 0.188. The molecule has 0 bridgehead atoms. The molecule has 4 heteroatoms. The molecular weight excluding hydrogens is 270 g/mol. The molecule has 0 saturated heterocycles. The third kappa shape index (κ3) is 2.73. The predicted molar refractivity (Wildman–Crippen MR) is 78.9 cm³/mol. The molecule has 0 aliphatic rings. The first-order valence-corrected chi connectivity index (χ1v) is 7.73. The Bertz CT molecular complexity index is 739. The van der Waals surface area contributed by atoms with Crippen molar-refractivity contribution in [2.75, 3.05) is 0 Å². The summed E-state index contributed by atoms with van der Waals surface area (Å²) in [5.74, 6) is 0. The van der Waals surface area contributed by atoms with E-state index in [0.717, 1.165) is 11.1 Å². The van der Waals surface area contributed by atoms with Gasteiger partial charge in [-0.2, -0.15) is 0 Å². The predicted octanol–water partition coefficient (Wildman–Crippen LogP) is 3.70. The highest BCUT2D eigenvalue weighted by Crippen LogP contribution is 2.30. The van der Waals surface area contributed by atoms with Crippen LogP contribution in [0.1, 0.15) is 22.1 Å². The first-order valence-electron chi connectivity index (χ1n) is 6.19. The highest BCUT2D eigenvalue weighted by molar-refractivity contribution is 7.91. The molecule has 0 spiro atoms. The summed E-state index contributed by atoms with van der Waals surface area (Å²) in [4.78, 5) is 3.51. The molecule has 0 radical (unpaired) electrons. The summed E-state index contributed by atoms with van der Waals surface area (Å²) in [6.07, 6.45) is 0. The topological polar surface area (TPSA) is 38.5 Å². The molecule has 2 aromatic rings. The molecule has 2 rings (SSSR count). The minimum absolute atomic E-state index is 0.185. The van der Waals surface area contributed by atoms with Crippen molar-refractivity contribution in [3.8, 4) is 0 Å². The summed E-state index contributed by atoms with van der Waals surface area (Å²) in [6, 6.07) is 13.6. The fourth-order valence-corrected chi connectivity index (χ4v) is 3.34. The van der Waals surface area contributed by atoms with E-state index in [1.807, 2.05) is 26.0 Å². The van der Waals surface area contributed by atoms with Crippen molar-refractivity contribution in [1.82, 2.24) is 0 Å². The monoisotopic (exact) mass is 285 g/mol. The largest absolute Gasteiger partial charge is 0.350 e. The van der Waals surface area contributed by atoms with Gasteiger partial charge < -0.3 is 0 Å². The van der Waals surface area contributed by atoms with Crippen LogP contribution in [0.5, 0.6) is 0 Å². The molecule has 2 aromatic carbocycles. The van der Waals surface area contributed by atoms with Crippen molar-refractivity contribution in [3.05, 3.63) is 76.6 Å². The van der Waals surface area contributed by atoms with Crippen LogP contribution < -0.4 is 0 Å². The molecule has 0 aliphatic heterocycles. The zero-order valence-corrected chi connectivity index (χ0v) is 12.2. The maximum atomic E-state index is 12.5. The second kappa shape index (κ2) is 5.48. The summed E-state index contributed by atoms with van der Waals surface area (Å²) in [7, 11) is -3.69. The van der Waals surface area contributed by atoms with Crippen LogP contribution in [-0.4, -0.2) is 8.42 Å². The molecule has 20 heavy (non-hydrogen) atoms. The lowest BCUT2D eigenvalue weighted by atomic mass is 10.1. The lowest BCUT2D eigenvalue weighted by molar-refractivity contribution is 0.590. The molecule has 3 nitrogen and oxygen atoms in total. The average molecular weight is 285 g/mol. The van der Waals surface area contributed by atoms with Crippen molar-refractivity contribution in [3.63, 3.8) is 0 Å². The van der Waals surface area contributed by atoms with Crippen LogP contribution in [0, 0.1) is 20.4 Å². The third-order valence-electron chi connectivity index (χ3n) is 3.12. The number of aryl methyl sites for hydroxylation is 2. The minimum Gasteiger partial charge on any atom is -0.291 e. The first kappa shape index (κ1) is 14.3. The number of rotatable bonds is 3. The zero-order chi connectivity index (χ0) is 14.8. The highest BCUT2D eigenvalue weighted by atomic mass is 32.2. The van der Waals surface area contributed by atoms with Crippen molar-refractivity contribution >= 4 is 9.84 Å². The molecule has 0 aliphatic carbocycles. The van der Waals surface area contributed by atoms with Gasteiger partial charge in [-0.25, -0.2) is 15.0 Å². The van der Waals surface area contributed by atoms with Crippen molar-refractivity contribution in [2.45, 2.75) is 24.1 Å². The van der Waals surface area contributed by atoms with E-state index >= 15 is 0 Å². The lowest BCUT2D eigenvalue weighted by Crippen LogP contribution is -2.10. The van der Waals surface area contributed by atoms with E-state index in [-0.39, 0.29) is 4.90 Å². The molecule has 1 unspecified atom stereocenters. The van der Waals surface area contributed by atoms with E-state index in [2.05, 4.69) is 4.85 Å². The minimum atomic E-state index is -3.69. The van der Waals surface area contributed by atoms with E-state index in [1.54, 1.807) is 36.4 Å². The molecular formula is C16H15NO2S. The highest BCUT2D eigenvalue weighted by Gasteiger charge is 2.34. The smallest absolute Gasteiger partial charge is 0.291 e. The van der Waals surface area contributed by atoms with Crippen LogP contribution in [0.3, 0.4) is 0 Å². The molecule has 0 amide bonds. The second-order valence-electron chi connectivity index (χ2n) is 4.75. The van der Waals surface area contributed by atoms with Gasteiger partial charge in [0.15, 0.2) is 0 Å². The number of sulfone groups is 1. The van der Waals surface area contributed by atoms with Gasteiger partial charge in [-0.1, -0.05) is 35.4 Å². The Labute approximate surface area is 119 Å². The van der Waals surface area contributed by atoms with E-state index < -0.39 is 15.2 Å². The summed E-state index contributed by atoms with van der Waals surface area (Å²) in [6.45, 7) is 11.1. The second-order valence-corrected chi connectivity index (χ2v) is 6.76. The Hall–Kier alpha value is -2.12. The number of hydrogen-bond acceptors (Lipinski definition) is 2. The summed E-state index contributed by atoms with van der Waals surface area (Å²) in [5.41, 5.74) is 2.52. The molecule has 0 N–H and O–H groups in total. The standard InChI is InChI=1S/C16H15NO2S/c1-12-4-8-14(9-5-12)16(17-3)20(18,19)15-10-6-13(2)7-11-15/h4-11,16H,1-2H3. The van der Waals surface area contributed by atoms with Crippen LogP contribution in [0.2, 0.25) is 0 Å². The number of nitrogens with zero attached hydrogens (tertiary/aromatic N) is 1. The van der Waals surface area contributed by atoms with Crippen molar-refractivity contribution in [2.24, 2.45) is 0 Å². The first-order chi connectivity index (χ1) is 9.45. The molecule has 0 saturated carbocycles. The van der Waals surface area contributed by atoms with Crippen LogP contribution in [0.4, 0.5) is 0 Å². The molecule has 0 heterocycles. The zero-order valence-electron chi connectivity index (χ0n) is 11.4. The number of hydrogen-bond donors (Lipinski definition) is 0. The van der Waals surface area contributed by atoms with Gasteiger partial charge in [0, 0.05) is 0 Å². The lowest BCUT2D eigenvalue weighted by Gasteiger charge is -2.08. The summed E-state index contributed by atoms with van der Waals surface area (Å²) >= 11 is 0. The SMILES string of the molecule is [C-]#[N+]C(c1ccc(C)cc1)S(=O)(=O)c1ccc(C)cc1. The van der Waals surface area contributed by atoms with Crippen molar-refractivity contribution in [1.29, 1.82) is 0 Å². The Kier molecular flexibility index (Phi) is 3.91. The van der Waals surface area contributed by atoms with Crippen molar-refractivity contribution < 1.29 is 8.42 Å². The maximum Gasteiger partial charge on any atom is 0.350 e. The van der Waals surface area contributed by atoms with E-state index in [1.165, 1.54) is 0 Å². The van der Waals surface area contributed by atoms with E-state index in [0.29, 0.717) is 5.56 Å². The van der Waals surface area contributed by atoms with Crippen LogP contribution >= 0.6 is 0 Å². The molecule has 0 aromatic heterocycles. The van der Waals surface area contributed by atoms with Crippen LogP contribution in [0.15, 0.2) is 53.4 Å². The average Bonchev–Trinajstić information content (AvgIpc) is 2.42. The van der Waals surface area contributed by atoms with E-state index in [4.69, 9.17) is 6.57 Å². The number of benzene rings is 2. The Balaban J connectivity index is 2.48. The van der Waals surface area contributed by atoms with Gasteiger partial charge in [0.1, 0.15) is 0 Å². The van der Waals surface area contributed by atoms with Gasteiger partial charge in [-0.05, 0) is 38.1 Å². The Morgan fingerprint density at radius 3 is 1.80 bits per heavy atom. The molecule has 0 fully saturated rings.